The van der Waals surface area contributed by atoms with E-state index in [2.05, 4.69) is 4.99 Å². The van der Waals surface area contributed by atoms with E-state index in [1.54, 1.807) is 57.4 Å². The fourth-order valence-electron chi connectivity index (χ4n) is 3.96. The van der Waals surface area contributed by atoms with E-state index in [4.69, 9.17) is 14.2 Å². The number of fused-ring (bicyclic) bond motifs is 1. The van der Waals surface area contributed by atoms with Gasteiger partial charge in [0, 0.05) is 12.5 Å². The van der Waals surface area contributed by atoms with Crippen molar-refractivity contribution in [1.29, 1.82) is 0 Å². The van der Waals surface area contributed by atoms with Gasteiger partial charge in [-0.2, -0.15) is 0 Å². The molecule has 1 aliphatic rings. The van der Waals surface area contributed by atoms with Crippen molar-refractivity contribution >= 4 is 29.4 Å². The van der Waals surface area contributed by atoms with Crippen LogP contribution < -0.4 is 24.4 Å². The minimum absolute atomic E-state index is 0.192. The molecule has 8 nitrogen and oxygen atoms in total. The van der Waals surface area contributed by atoms with Crippen molar-refractivity contribution in [3.05, 3.63) is 90.6 Å². The Kier molecular flexibility index (Phi) is 6.97. The largest absolute Gasteiger partial charge is 0.496 e. The molecule has 35 heavy (non-hydrogen) atoms. The normalized spacial score (nSPS) is 15.3. The summed E-state index contributed by atoms with van der Waals surface area (Å²) in [5, 5.41) is 0. The molecule has 0 amide bonds. The monoisotopic (exact) mass is 492 g/mol. The van der Waals surface area contributed by atoms with E-state index in [1.165, 1.54) is 22.8 Å². The minimum atomic E-state index is -0.768. The first-order chi connectivity index (χ1) is 16.8. The number of thiazole rings is 1. The summed E-state index contributed by atoms with van der Waals surface area (Å²) in [6.45, 7) is 4.98. The van der Waals surface area contributed by atoms with Gasteiger partial charge in [0.15, 0.2) is 4.80 Å². The van der Waals surface area contributed by atoms with E-state index in [0.29, 0.717) is 37.7 Å². The molecule has 0 fully saturated rings. The summed E-state index contributed by atoms with van der Waals surface area (Å²) in [7, 11) is 1.54. The molecule has 9 heteroatoms. The highest BCUT2D eigenvalue weighted by Crippen LogP contribution is 2.35. The van der Waals surface area contributed by atoms with Crippen molar-refractivity contribution in [2.45, 2.75) is 26.8 Å². The lowest BCUT2D eigenvalue weighted by atomic mass is 9.95. The van der Waals surface area contributed by atoms with E-state index in [-0.39, 0.29) is 17.7 Å². The number of aromatic nitrogens is 1. The fourth-order valence-corrected chi connectivity index (χ4v) is 5.01. The molecule has 0 saturated heterocycles. The summed E-state index contributed by atoms with van der Waals surface area (Å²) in [4.78, 5) is 43.0. The maximum atomic E-state index is 13.7. The predicted molar refractivity (Wildman–Crippen MR) is 131 cm³/mol. The third-order valence-corrected chi connectivity index (χ3v) is 6.35. The van der Waals surface area contributed by atoms with Gasteiger partial charge in [-0.1, -0.05) is 41.7 Å². The Morgan fingerprint density at radius 2 is 1.94 bits per heavy atom. The van der Waals surface area contributed by atoms with Crippen LogP contribution in [-0.4, -0.2) is 30.2 Å². The van der Waals surface area contributed by atoms with Gasteiger partial charge in [-0.15, -0.1) is 0 Å². The first kappa shape index (κ1) is 24.2. The average molecular weight is 493 g/mol. The Bertz CT molecular complexity index is 1520. The fraction of sp³-hybridized carbons (Fsp3) is 0.231. The van der Waals surface area contributed by atoms with Crippen molar-refractivity contribution in [2.24, 2.45) is 4.99 Å². The van der Waals surface area contributed by atoms with E-state index in [0.717, 1.165) is 0 Å². The summed E-state index contributed by atoms with van der Waals surface area (Å²) < 4.78 is 18.0. The first-order valence-corrected chi connectivity index (χ1v) is 11.8. The van der Waals surface area contributed by atoms with E-state index in [9.17, 15) is 14.4 Å². The van der Waals surface area contributed by atoms with Crippen LogP contribution in [0.15, 0.2) is 69.6 Å². The molecular formula is C26H24N2O6S. The molecule has 0 N–H and O–H groups in total. The number of methoxy groups -OCH3 is 1. The summed E-state index contributed by atoms with van der Waals surface area (Å²) in [5.41, 5.74) is 1.79. The highest BCUT2D eigenvalue weighted by Gasteiger charge is 2.34. The van der Waals surface area contributed by atoms with Crippen molar-refractivity contribution in [3.8, 4) is 11.5 Å². The van der Waals surface area contributed by atoms with Gasteiger partial charge < -0.3 is 14.2 Å². The lowest BCUT2D eigenvalue weighted by Crippen LogP contribution is -2.40. The molecule has 2 aromatic carbocycles. The number of carbonyl (C=O) groups is 2. The van der Waals surface area contributed by atoms with Gasteiger partial charge in [0.1, 0.15) is 17.5 Å². The summed E-state index contributed by atoms with van der Waals surface area (Å²) in [6, 6.07) is 13.4. The van der Waals surface area contributed by atoms with Crippen LogP contribution >= 0.6 is 11.3 Å². The van der Waals surface area contributed by atoms with Crippen LogP contribution in [-0.2, 0) is 14.3 Å². The number of hydrogen-bond donors (Lipinski definition) is 0. The highest BCUT2D eigenvalue weighted by atomic mass is 32.1. The molecule has 2 heterocycles. The van der Waals surface area contributed by atoms with Gasteiger partial charge in [0.05, 0.1) is 29.5 Å². The van der Waals surface area contributed by atoms with Gasteiger partial charge in [-0.3, -0.25) is 14.2 Å². The Labute approximate surface area is 205 Å². The summed E-state index contributed by atoms with van der Waals surface area (Å²) in [6.07, 6.45) is 1.71. The maximum Gasteiger partial charge on any atom is 0.338 e. The van der Waals surface area contributed by atoms with E-state index >= 15 is 0 Å². The second-order valence-electron chi connectivity index (χ2n) is 7.71. The van der Waals surface area contributed by atoms with E-state index < -0.39 is 18.0 Å². The standard InChI is InChI=1S/C26H24N2O6S/c1-5-33-25(31)22-15(2)27-26-28(23(22)19-11-6-7-12-20(19)32-4)24(30)21(35-26)14-17-9-8-10-18(13-17)34-16(3)29/h6-14,23H,5H2,1-4H3/b21-14+/t23-/m0/s1. The molecule has 0 bridgehead atoms. The molecule has 4 rings (SSSR count). The van der Waals surface area contributed by atoms with Crippen LogP contribution in [0.25, 0.3) is 6.08 Å². The zero-order valence-electron chi connectivity index (χ0n) is 19.7. The van der Waals surface area contributed by atoms with Crippen molar-refractivity contribution in [1.82, 2.24) is 4.57 Å². The van der Waals surface area contributed by atoms with E-state index in [1.807, 2.05) is 18.2 Å². The summed E-state index contributed by atoms with van der Waals surface area (Å²) >= 11 is 1.21. The molecule has 3 aromatic rings. The quantitative estimate of drug-likeness (QED) is 0.388. The number of allylic oxidation sites excluding steroid dienone is 1. The smallest absolute Gasteiger partial charge is 0.338 e. The van der Waals surface area contributed by atoms with Crippen LogP contribution in [0.3, 0.4) is 0 Å². The second kappa shape index (κ2) is 10.1. The lowest BCUT2D eigenvalue weighted by Gasteiger charge is -2.25. The van der Waals surface area contributed by atoms with Gasteiger partial charge in [-0.25, -0.2) is 9.79 Å². The zero-order valence-corrected chi connectivity index (χ0v) is 20.5. The summed E-state index contributed by atoms with van der Waals surface area (Å²) in [5.74, 6) is -0.0441. The third-order valence-electron chi connectivity index (χ3n) is 5.37. The average Bonchev–Trinajstić information content (AvgIpc) is 3.12. The number of benzene rings is 2. The first-order valence-electron chi connectivity index (χ1n) is 10.9. The third kappa shape index (κ3) is 4.81. The van der Waals surface area contributed by atoms with Crippen molar-refractivity contribution in [2.75, 3.05) is 13.7 Å². The topological polar surface area (TPSA) is 96.2 Å². The Morgan fingerprint density at radius 3 is 2.66 bits per heavy atom. The number of nitrogens with zero attached hydrogens (tertiary/aromatic N) is 2. The SMILES string of the molecule is CCOC(=O)C1=C(C)N=c2s/c(=C/c3cccc(OC(C)=O)c3)c(=O)n2[C@H]1c1ccccc1OC. The molecule has 180 valence electrons. The zero-order chi connectivity index (χ0) is 25.1. The van der Waals surface area contributed by atoms with Crippen LogP contribution in [0.4, 0.5) is 0 Å². The number of para-hydroxylation sites is 1. The van der Waals surface area contributed by atoms with Gasteiger partial charge in [-0.05, 0) is 43.7 Å². The van der Waals surface area contributed by atoms with Gasteiger partial charge in [0.2, 0.25) is 0 Å². The number of ether oxygens (including phenoxy) is 3. The van der Waals surface area contributed by atoms with Crippen LogP contribution in [0.1, 0.15) is 37.9 Å². The molecular weight excluding hydrogens is 468 g/mol. The van der Waals surface area contributed by atoms with Crippen molar-refractivity contribution < 1.29 is 23.8 Å². The molecule has 1 aliphatic heterocycles. The Balaban J connectivity index is 1.93. The Hall–Kier alpha value is -3.98. The van der Waals surface area contributed by atoms with Crippen molar-refractivity contribution in [3.63, 3.8) is 0 Å². The maximum absolute atomic E-state index is 13.7. The number of esters is 2. The number of hydrogen-bond acceptors (Lipinski definition) is 8. The molecule has 0 saturated carbocycles. The molecule has 0 aliphatic carbocycles. The molecule has 0 spiro atoms. The lowest BCUT2D eigenvalue weighted by molar-refractivity contribution is -0.139. The predicted octanol–water partition coefficient (Wildman–Crippen LogP) is 2.73. The number of rotatable bonds is 6. The molecule has 1 atom stereocenters. The van der Waals surface area contributed by atoms with Gasteiger partial charge >= 0.3 is 11.9 Å². The molecule has 1 aromatic heterocycles. The van der Waals surface area contributed by atoms with Crippen LogP contribution in [0.2, 0.25) is 0 Å². The van der Waals surface area contributed by atoms with Gasteiger partial charge in [0.25, 0.3) is 5.56 Å². The highest BCUT2D eigenvalue weighted by molar-refractivity contribution is 7.07. The molecule has 0 unspecified atom stereocenters. The Morgan fingerprint density at radius 1 is 1.17 bits per heavy atom. The second-order valence-corrected chi connectivity index (χ2v) is 8.72. The van der Waals surface area contributed by atoms with Crippen LogP contribution in [0.5, 0.6) is 11.5 Å². The number of carbonyl (C=O) groups excluding carboxylic acids is 2. The minimum Gasteiger partial charge on any atom is -0.496 e. The van der Waals surface area contributed by atoms with Crippen LogP contribution in [0, 0.1) is 0 Å². The molecule has 0 radical (unpaired) electrons.